The summed E-state index contributed by atoms with van der Waals surface area (Å²) in [6, 6.07) is 11.2. The number of hydrogen-bond acceptors (Lipinski definition) is 5. The molecule has 3 rings (SSSR count). The maximum atomic E-state index is 8.47. The molecule has 0 unspecified atom stereocenters. The summed E-state index contributed by atoms with van der Waals surface area (Å²) in [5.74, 6) is 0.155. The Morgan fingerprint density at radius 2 is 2.10 bits per heavy atom. The van der Waals surface area contributed by atoms with Crippen LogP contribution in [-0.4, -0.2) is 19.8 Å². The van der Waals surface area contributed by atoms with Gasteiger partial charge in [0.05, 0.1) is 18.2 Å². The van der Waals surface area contributed by atoms with Crippen molar-refractivity contribution in [3.05, 3.63) is 61.3 Å². The van der Waals surface area contributed by atoms with Gasteiger partial charge in [0, 0.05) is 29.8 Å². The molecular weight excluding hydrogens is 256 g/mol. The van der Waals surface area contributed by atoms with Gasteiger partial charge in [-0.1, -0.05) is 6.07 Å². The number of aromatic nitrogens is 3. The second kappa shape index (κ2) is 5.41. The van der Waals surface area contributed by atoms with Gasteiger partial charge >= 0.3 is 0 Å². The van der Waals surface area contributed by atoms with Gasteiger partial charge < -0.3 is 14.8 Å². The van der Waals surface area contributed by atoms with Crippen molar-refractivity contribution >= 4 is 11.4 Å². The van der Waals surface area contributed by atoms with E-state index in [4.69, 9.17) is 5.26 Å². The molecule has 0 spiro atoms. The Kier molecular flexibility index (Phi) is 3.30. The van der Waals surface area contributed by atoms with E-state index in [0.29, 0.717) is 0 Å². The van der Waals surface area contributed by atoms with E-state index in [1.807, 2.05) is 35.0 Å². The largest absolute Gasteiger partial charge is 0.354 e. The lowest BCUT2D eigenvalue weighted by molar-refractivity contribution is -0.141. The van der Waals surface area contributed by atoms with Gasteiger partial charge in [-0.15, -0.1) is 0 Å². The van der Waals surface area contributed by atoms with Gasteiger partial charge in [-0.25, -0.2) is 15.2 Å². The first kappa shape index (κ1) is 12.2. The molecule has 0 saturated heterocycles. The molecule has 0 bridgehead atoms. The predicted molar refractivity (Wildman–Crippen MR) is 74.3 cm³/mol. The van der Waals surface area contributed by atoms with Crippen LogP contribution in [0.5, 0.6) is 5.88 Å². The molecule has 20 heavy (non-hydrogen) atoms. The molecule has 0 aliphatic heterocycles. The van der Waals surface area contributed by atoms with Crippen LogP contribution in [0.1, 0.15) is 0 Å². The van der Waals surface area contributed by atoms with E-state index >= 15 is 0 Å². The third-order valence-corrected chi connectivity index (χ3v) is 2.77. The lowest BCUT2D eigenvalue weighted by Gasteiger charge is -2.08. The highest BCUT2D eigenvalue weighted by molar-refractivity contribution is 5.61. The van der Waals surface area contributed by atoms with Crippen LogP contribution < -0.4 is 10.2 Å². The zero-order chi connectivity index (χ0) is 13.8. The second-order valence-electron chi connectivity index (χ2n) is 4.12. The summed E-state index contributed by atoms with van der Waals surface area (Å²) in [7, 11) is 0. The SMILES string of the molecule is OOc1ccc(Nc2cccc(-n3ccnc3)c2)cn1. The molecule has 2 N–H and O–H groups in total. The summed E-state index contributed by atoms with van der Waals surface area (Å²) in [5.41, 5.74) is 2.74. The molecule has 1 aromatic carbocycles. The van der Waals surface area contributed by atoms with Crippen LogP contribution in [0.25, 0.3) is 5.69 Å². The molecule has 0 radical (unpaired) electrons. The average molecular weight is 268 g/mol. The Balaban J connectivity index is 1.82. The minimum absolute atomic E-state index is 0.155. The third kappa shape index (κ3) is 2.60. The van der Waals surface area contributed by atoms with E-state index in [1.54, 1.807) is 30.9 Å². The third-order valence-electron chi connectivity index (χ3n) is 2.77. The maximum absolute atomic E-state index is 8.47. The molecule has 0 aliphatic rings. The van der Waals surface area contributed by atoms with Crippen LogP contribution in [0.4, 0.5) is 11.4 Å². The molecule has 0 atom stereocenters. The highest BCUT2D eigenvalue weighted by atomic mass is 17.1. The zero-order valence-corrected chi connectivity index (χ0v) is 10.5. The highest BCUT2D eigenvalue weighted by Crippen LogP contribution is 2.20. The van der Waals surface area contributed by atoms with E-state index in [2.05, 4.69) is 20.2 Å². The van der Waals surface area contributed by atoms with Crippen molar-refractivity contribution in [2.75, 3.05) is 5.32 Å². The fraction of sp³-hybridized carbons (Fsp3) is 0. The van der Waals surface area contributed by atoms with E-state index < -0.39 is 0 Å². The van der Waals surface area contributed by atoms with E-state index in [9.17, 15) is 0 Å². The standard InChI is InChI=1S/C14H12N4O2/c19-20-14-5-4-12(9-16-14)17-11-2-1-3-13(8-11)18-7-6-15-10-18/h1-10,17,19H. The van der Waals surface area contributed by atoms with Crippen molar-refractivity contribution in [2.45, 2.75) is 0 Å². The van der Waals surface area contributed by atoms with E-state index in [1.165, 1.54) is 0 Å². The van der Waals surface area contributed by atoms with Gasteiger partial charge in [-0.05, 0) is 24.3 Å². The summed E-state index contributed by atoms with van der Waals surface area (Å²) in [6.45, 7) is 0. The summed E-state index contributed by atoms with van der Waals surface area (Å²) in [4.78, 5) is 12.0. The topological polar surface area (TPSA) is 72.2 Å². The molecule has 0 amide bonds. The van der Waals surface area contributed by atoms with Crippen molar-refractivity contribution in [3.8, 4) is 11.6 Å². The molecule has 0 fully saturated rings. The quantitative estimate of drug-likeness (QED) is 0.562. The molecule has 6 heteroatoms. The zero-order valence-electron chi connectivity index (χ0n) is 10.5. The summed E-state index contributed by atoms with van der Waals surface area (Å²) >= 11 is 0. The smallest absolute Gasteiger partial charge is 0.256 e. The first-order chi connectivity index (χ1) is 9.85. The van der Waals surface area contributed by atoms with Crippen LogP contribution >= 0.6 is 0 Å². The van der Waals surface area contributed by atoms with Crippen molar-refractivity contribution in [1.82, 2.24) is 14.5 Å². The lowest BCUT2D eigenvalue weighted by atomic mass is 10.2. The number of nitrogens with zero attached hydrogens (tertiary/aromatic N) is 3. The first-order valence-electron chi connectivity index (χ1n) is 5.98. The van der Waals surface area contributed by atoms with Gasteiger partial charge in [0.15, 0.2) is 0 Å². The van der Waals surface area contributed by atoms with Gasteiger partial charge in [-0.3, -0.25) is 0 Å². The fourth-order valence-corrected chi connectivity index (χ4v) is 1.83. The van der Waals surface area contributed by atoms with Crippen LogP contribution in [-0.2, 0) is 0 Å². The maximum Gasteiger partial charge on any atom is 0.256 e. The Morgan fingerprint density at radius 1 is 1.15 bits per heavy atom. The predicted octanol–water partition coefficient (Wildman–Crippen LogP) is 2.86. The summed E-state index contributed by atoms with van der Waals surface area (Å²) < 4.78 is 1.92. The summed E-state index contributed by atoms with van der Waals surface area (Å²) in [5, 5.41) is 11.7. The lowest BCUT2D eigenvalue weighted by Crippen LogP contribution is -1.95. The molecule has 6 nitrogen and oxygen atoms in total. The minimum atomic E-state index is 0.155. The van der Waals surface area contributed by atoms with Gasteiger partial charge in [0.2, 0.25) is 0 Å². The Morgan fingerprint density at radius 3 is 2.80 bits per heavy atom. The number of imidazole rings is 1. The van der Waals surface area contributed by atoms with E-state index in [0.717, 1.165) is 17.1 Å². The number of rotatable bonds is 4. The molecule has 2 aromatic heterocycles. The Bertz CT molecular complexity index is 681. The second-order valence-corrected chi connectivity index (χ2v) is 4.12. The van der Waals surface area contributed by atoms with Gasteiger partial charge in [0.25, 0.3) is 5.88 Å². The van der Waals surface area contributed by atoms with Crippen molar-refractivity contribution in [1.29, 1.82) is 0 Å². The first-order valence-corrected chi connectivity index (χ1v) is 5.98. The normalized spacial score (nSPS) is 10.2. The van der Waals surface area contributed by atoms with Crippen LogP contribution in [0.15, 0.2) is 61.3 Å². The molecule has 0 aliphatic carbocycles. The number of nitrogens with one attached hydrogen (secondary N) is 1. The molecule has 2 heterocycles. The average Bonchev–Trinajstić information content (AvgIpc) is 3.03. The monoisotopic (exact) mass is 268 g/mol. The Hall–Kier alpha value is -2.86. The fourth-order valence-electron chi connectivity index (χ4n) is 1.83. The van der Waals surface area contributed by atoms with E-state index in [-0.39, 0.29) is 5.88 Å². The van der Waals surface area contributed by atoms with Gasteiger partial charge in [-0.2, -0.15) is 0 Å². The molecular formula is C14H12N4O2. The minimum Gasteiger partial charge on any atom is -0.354 e. The van der Waals surface area contributed by atoms with Crippen LogP contribution in [0.2, 0.25) is 0 Å². The van der Waals surface area contributed by atoms with Gasteiger partial charge in [0.1, 0.15) is 0 Å². The summed E-state index contributed by atoms with van der Waals surface area (Å²) in [6.07, 6.45) is 6.94. The number of pyridine rings is 1. The number of anilines is 2. The molecule has 3 aromatic rings. The molecule has 0 saturated carbocycles. The van der Waals surface area contributed by atoms with Crippen LogP contribution in [0.3, 0.4) is 0 Å². The van der Waals surface area contributed by atoms with Crippen molar-refractivity contribution in [2.24, 2.45) is 0 Å². The van der Waals surface area contributed by atoms with Crippen molar-refractivity contribution < 1.29 is 10.1 Å². The molecule has 100 valence electrons. The number of hydrogen-bond donors (Lipinski definition) is 2. The Labute approximate surface area is 115 Å². The highest BCUT2D eigenvalue weighted by Gasteiger charge is 2.00. The number of benzene rings is 1. The van der Waals surface area contributed by atoms with Crippen LogP contribution in [0, 0.1) is 0 Å². The van der Waals surface area contributed by atoms with Crippen molar-refractivity contribution in [3.63, 3.8) is 0 Å².